The largest absolute Gasteiger partial charge is 0.324 e. The maximum Gasteiger partial charge on any atom is 0.238 e. The van der Waals surface area contributed by atoms with E-state index >= 15 is 0 Å². The van der Waals surface area contributed by atoms with E-state index in [0.29, 0.717) is 23.3 Å². The van der Waals surface area contributed by atoms with Gasteiger partial charge in [0.25, 0.3) is 0 Å². The van der Waals surface area contributed by atoms with Crippen molar-refractivity contribution in [3.63, 3.8) is 0 Å². The molecule has 0 aliphatic heterocycles. The molecule has 92 valence electrons. The molecular weight excluding hydrogens is 236 g/mol. The predicted octanol–water partition coefficient (Wildman–Crippen LogP) is 2.67. The number of nitrogens with one attached hydrogen (secondary N) is 2. The Kier molecular flexibility index (Phi) is 4.02. The zero-order chi connectivity index (χ0) is 12.3. The lowest BCUT2D eigenvalue weighted by Crippen LogP contribution is -2.35. The molecule has 1 amide bonds. The van der Waals surface area contributed by atoms with E-state index in [9.17, 15) is 4.79 Å². The van der Waals surface area contributed by atoms with Crippen LogP contribution in [0.25, 0.3) is 0 Å². The van der Waals surface area contributed by atoms with E-state index < -0.39 is 0 Å². The van der Waals surface area contributed by atoms with E-state index in [0.717, 1.165) is 5.92 Å². The van der Waals surface area contributed by atoms with Gasteiger partial charge in [0, 0.05) is 6.04 Å². The Bertz CT molecular complexity index is 404. The van der Waals surface area contributed by atoms with Gasteiger partial charge in [-0.3, -0.25) is 4.79 Å². The molecular formula is C13H17ClN2O. The average Bonchev–Trinajstić information content (AvgIpc) is 3.13. The van der Waals surface area contributed by atoms with Crippen LogP contribution < -0.4 is 10.6 Å². The van der Waals surface area contributed by atoms with Gasteiger partial charge in [0.1, 0.15) is 0 Å². The van der Waals surface area contributed by atoms with Gasteiger partial charge < -0.3 is 10.6 Å². The molecule has 17 heavy (non-hydrogen) atoms. The van der Waals surface area contributed by atoms with E-state index in [-0.39, 0.29) is 5.91 Å². The van der Waals surface area contributed by atoms with Crippen LogP contribution in [-0.4, -0.2) is 18.5 Å². The molecule has 4 heteroatoms. The molecule has 0 heterocycles. The Balaban J connectivity index is 1.78. The maximum atomic E-state index is 11.7. The molecule has 1 atom stereocenters. The highest BCUT2D eigenvalue weighted by molar-refractivity contribution is 6.33. The summed E-state index contributed by atoms with van der Waals surface area (Å²) in [5.41, 5.74) is 0.667. The summed E-state index contributed by atoms with van der Waals surface area (Å²) in [5, 5.41) is 6.59. The van der Waals surface area contributed by atoms with Crippen LogP contribution in [0.1, 0.15) is 19.8 Å². The molecule has 1 aromatic carbocycles. The van der Waals surface area contributed by atoms with Gasteiger partial charge in [0.15, 0.2) is 0 Å². The Morgan fingerprint density at radius 3 is 2.82 bits per heavy atom. The summed E-state index contributed by atoms with van der Waals surface area (Å²) in [7, 11) is 0. The summed E-state index contributed by atoms with van der Waals surface area (Å²) in [6.45, 7) is 2.46. The zero-order valence-corrected chi connectivity index (χ0v) is 10.6. The first-order chi connectivity index (χ1) is 8.16. The lowest BCUT2D eigenvalue weighted by atomic mass is 10.2. The lowest BCUT2D eigenvalue weighted by Gasteiger charge is -2.12. The standard InChI is InChI=1S/C13H17ClN2O/c1-9(10-6-7-10)15-8-13(17)16-12-5-3-2-4-11(12)14/h2-5,9-10,15H,6-8H2,1H3,(H,16,17). The number of hydrogen-bond acceptors (Lipinski definition) is 2. The van der Waals surface area contributed by atoms with Crippen LogP contribution in [0.3, 0.4) is 0 Å². The fraction of sp³-hybridized carbons (Fsp3) is 0.462. The monoisotopic (exact) mass is 252 g/mol. The minimum absolute atomic E-state index is 0.0504. The number of carbonyl (C=O) groups excluding carboxylic acids is 1. The van der Waals surface area contributed by atoms with Crippen molar-refractivity contribution in [3.05, 3.63) is 29.3 Å². The third-order valence-corrected chi connectivity index (χ3v) is 3.39. The minimum Gasteiger partial charge on any atom is -0.324 e. The van der Waals surface area contributed by atoms with E-state index in [1.165, 1.54) is 12.8 Å². The first-order valence-electron chi connectivity index (χ1n) is 5.94. The molecule has 2 rings (SSSR count). The number of halogens is 1. The molecule has 1 aliphatic carbocycles. The second-order valence-corrected chi connectivity index (χ2v) is 4.94. The SMILES string of the molecule is CC(NCC(=O)Nc1ccccc1Cl)C1CC1. The first kappa shape index (κ1) is 12.4. The molecule has 1 saturated carbocycles. The summed E-state index contributed by atoms with van der Waals surface area (Å²) in [6.07, 6.45) is 2.56. The second-order valence-electron chi connectivity index (χ2n) is 4.54. The van der Waals surface area contributed by atoms with Gasteiger partial charge >= 0.3 is 0 Å². The summed E-state index contributed by atoms with van der Waals surface area (Å²) >= 11 is 5.96. The topological polar surface area (TPSA) is 41.1 Å². The minimum atomic E-state index is -0.0504. The van der Waals surface area contributed by atoms with Crippen molar-refractivity contribution in [1.29, 1.82) is 0 Å². The van der Waals surface area contributed by atoms with Crippen molar-refractivity contribution >= 4 is 23.2 Å². The van der Waals surface area contributed by atoms with Crippen molar-refractivity contribution in [3.8, 4) is 0 Å². The Labute approximate surface area is 107 Å². The quantitative estimate of drug-likeness (QED) is 0.846. The highest BCUT2D eigenvalue weighted by atomic mass is 35.5. The zero-order valence-electron chi connectivity index (χ0n) is 9.87. The molecule has 1 unspecified atom stereocenters. The van der Waals surface area contributed by atoms with Gasteiger partial charge in [0.05, 0.1) is 17.3 Å². The van der Waals surface area contributed by atoms with Crippen LogP contribution in [0.2, 0.25) is 5.02 Å². The van der Waals surface area contributed by atoms with Gasteiger partial charge in [0.2, 0.25) is 5.91 Å². The molecule has 1 fully saturated rings. The average molecular weight is 253 g/mol. The molecule has 0 aromatic heterocycles. The number of hydrogen-bond donors (Lipinski definition) is 2. The van der Waals surface area contributed by atoms with Crippen LogP contribution >= 0.6 is 11.6 Å². The Hall–Kier alpha value is -1.06. The van der Waals surface area contributed by atoms with Crippen LogP contribution in [0, 0.1) is 5.92 Å². The van der Waals surface area contributed by atoms with Gasteiger partial charge in [-0.2, -0.15) is 0 Å². The normalized spacial score (nSPS) is 16.6. The van der Waals surface area contributed by atoms with Crippen LogP contribution in [0.15, 0.2) is 24.3 Å². The first-order valence-corrected chi connectivity index (χ1v) is 6.32. The Morgan fingerprint density at radius 1 is 1.47 bits per heavy atom. The van der Waals surface area contributed by atoms with E-state index in [4.69, 9.17) is 11.6 Å². The van der Waals surface area contributed by atoms with E-state index in [2.05, 4.69) is 17.6 Å². The fourth-order valence-corrected chi connectivity index (χ4v) is 1.96. The third-order valence-electron chi connectivity index (χ3n) is 3.06. The van der Waals surface area contributed by atoms with Gasteiger partial charge in [-0.05, 0) is 37.8 Å². The predicted molar refractivity (Wildman–Crippen MR) is 70.3 cm³/mol. The fourth-order valence-electron chi connectivity index (χ4n) is 1.77. The summed E-state index contributed by atoms with van der Waals surface area (Å²) in [6, 6.07) is 7.67. The highest BCUT2D eigenvalue weighted by Gasteiger charge is 2.27. The van der Waals surface area contributed by atoms with E-state index in [1.54, 1.807) is 12.1 Å². The van der Waals surface area contributed by atoms with Crippen molar-refractivity contribution in [2.45, 2.75) is 25.8 Å². The Morgan fingerprint density at radius 2 is 2.18 bits per heavy atom. The van der Waals surface area contributed by atoms with Crippen molar-refractivity contribution < 1.29 is 4.79 Å². The summed E-state index contributed by atoms with van der Waals surface area (Å²) in [4.78, 5) is 11.7. The van der Waals surface area contributed by atoms with Gasteiger partial charge in [-0.25, -0.2) is 0 Å². The van der Waals surface area contributed by atoms with E-state index in [1.807, 2.05) is 12.1 Å². The second kappa shape index (κ2) is 5.52. The number of anilines is 1. The molecule has 0 bridgehead atoms. The molecule has 2 N–H and O–H groups in total. The molecule has 0 spiro atoms. The third kappa shape index (κ3) is 3.72. The van der Waals surface area contributed by atoms with Crippen LogP contribution in [-0.2, 0) is 4.79 Å². The number of rotatable bonds is 5. The number of para-hydroxylation sites is 1. The lowest BCUT2D eigenvalue weighted by molar-refractivity contribution is -0.115. The maximum absolute atomic E-state index is 11.7. The molecule has 0 saturated heterocycles. The summed E-state index contributed by atoms with van der Waals surface area (Å²) < 4.78 is 0. The molecule has 1 aliphatic rings. The van der Waals surface area contributed by atoms with Crippen molar-refractivity contribution in [2.75, 3.05) is 11.9 Å². The number of carbonyl (C=O) groups is 1. The number of benzene rings is 1. The smallest absolute Gasteiger partial charge is 0.238 e. The van der Waals surface area contributed by atoms with Crippen molar-refractivity contribution in [2.24, 2.45) is 5.92 Å². The molecule has 3 nitrogen and oxygen atoms in total. The van der Waals surface area contributed by atoms with Crippen LogP contribution in [0.4, 0.5) is 5.69 Å². The van der Waals surface area contributed by atoms with Crippen molar-refractivity contribution in [1.82, 2.24) is 5.32 Å². The molecule has 1 aromatic rings. The highest BCUT2D eigenvalue weighted by Crippen LogP contribution is 2.32. The van der Waals surface area contributed by atoms with Crippen LogP contribution in [0.5, 0.6) is 0 Å². The van der Waals surface area contributed by atoms with Gasteiger partial charge in [-0.1, -0.05) is 23.7 Å². The van der Waals surface area contributed by atoms with Gasteiger partial charge in [-0.15, -0.1) is 0 Å². The summed E-state index contributed by atoms with van der Waals surface area (Å²) in [5.74, 6) is 0.703. The molecule has 0 radical (unpaired) electrons. The number of amides is 1.